The van der Waals surface area contributed by atoms with E-state index in [0.717, 1.165) is 24.1 Å². The Morgan fingerprint density at radius 1 is 1.14 bits per heavy atom. The quantitative estimate of drug-likeness (QED) is 0.929. The molecule has 0 bridgehead atoms. The summed E-state index contributed by atoms with van der Waals surface area (Å²) in [4.78, 5) is 25.7. The molecule has 2 aliphatic rings. The average molecular weight is 287 g/mol. The summed E-state index contributed by atoms with van der Waals surface area (Å²) in [5.41, 5.74) is 1.56. The van der Waals surface area contributed by atoms with Gasteiger partial charge < -0.3 is 10.0 Å². The van der Waals surface area contributed by atoms with Gasteiger partial charge in [-0.25, -0.2) is 0 Å². The van der Waals surface area contributed by atoms with E-state index in [1.165, 1.54) is 12.8 Å². The Labute approximate surface area is 124 Å². The van der Waals surface area contributed by atoms with Gasteiger partial charge in [-0.15, -0.1) is 0 Å². The molecule has 0 spiro atoms. The highest BCUT2D eigenvalue weighted by Gasteiger charge is 2.33. The van der Waals surface area contributed by atoms with Crippen molar-refractivity contribution in [2.45, 2.75) is 44.4 Å². The first-order chi connectivity index (χ1) is 10.2. The summed E-state index contributed by atoms with van der Waals surface area (Å²) < 4.78 is 0. The number of para-hydroxylation sites is 1. The fourth-order valence-corrected chi connectivity index (χ4v) is 3.65. The first-order valence-electron chi connectivity index (χ1n) is 7.79. The molecule has 1 aliphatic carbocycles. The summed E-state index contributed by atoms with van der Waals surface area (Å²) in [6.45, 7) is 0.513. The van der Waals surface area contributed by atoms with Gasteiger partial charge in [0.25, 0.3) is 0 Å². The molecule has 1 aromatic rings. The van der Waals surface area contributed by atoms with Crippen molar-refractivity contribution in [1.29, 1.82) is 0 Å². The molecule has 4 nitrogen and oxygen atoms in total. The minimum atomic E-state index is -0.801. The van der Waals surface area contributed by atoms with Crippen LogP contribution in [0.15, 0.2) is 24.3 Å². The van der Waals surface area contributed by atoms with Gasteiger partial charge in [-0.1, -0.05) is 31.0 Å². The molecule has 1 fully saturated rings. The zero-order chi connectivity index (χ0) is 14.8. The number of aliphatic carboxylic acids is 1. The van der Waals surface area contributed by atoms with E-state index in [0.29, 0.717) is 25.3 Å². The topological polar surface area (TPSA) is 57.6 Å². The second-order valence-corrected chi connectivity index (χ2v) is 6.14. The predicted molar refractivity (Wildman–Crippen MR) is 80.4 cm³/mol. The molecule has 1 atom stereocenters. The maximum Gasteiger partial charge on any atom is 0.311 e. The van der Waals surface area contributed by atoms with Gasteiger partial charge in [0.15, 0.2) is 0 Å². The van der Waals surface area contributed by atoms with E-state index >= 15 is 0 Å². The third-order valence-electron chi connectivity index (χ3n) is 4.78. The largest absolute Gasteiger partial charge is 0.481 e. The van der Waals surface area contributed by atoms with Crippen molar-refractivity contribution in [1.82, 2.24) is 0 Å². The molecule has 3 rings (SSSR count). The minimum absolute atomic E-state index is 0.151. The van der Waals surface area contributed by atoms with Gasteiger partial charge in [0, 0.05) is 18.7 Å². The van der Waals surface area contributed by atoms with Crippen LogP contribution < -0.4 is 4.90 Å². The van der Waals surface area contributed by atoms with Gasteiger partial charge in [-0.05, 0) is 36.8 Å². The van der Waals surface area contributed by atoms with Crippen LogP contribution in [0.5, 0.6) is 0 Å². The predicted octanol–water partition coefficient (Wildman–Crippen LogP) is 3.17. The number of rotatable bonds is 3. The third-order valence-corrected chi connectivity index (χ3v) is 4.78. The molecule has 112 valence electrons. The number of carboxylic acid groups (broad SMARTS) is 1. The molecule has 0 saturated heterocycles. The molecule has 0 aromatic heterocycles. The third kappa shape index (κ3) is 2.80. The van der Waals surface area contributed by atoms with Gasteiger partial charge in [-0.3, -0.25) is 9.59 Å². The lowest BCUT2D eigenvalue weighted by atomic mass is 9.89. The summed E-state index contributed by atoms with van der Waals surface area (Å²) in [5.74, 6) is -0.623. The number of hydrogen-bond acceptors (Lipinski definition) is 2. The van der Waals surface area contributed by atoms with Crippen LogP contribution in [0, 0.1) is 5.92 Å². The molecule has 1 N–H and O–H groups in total. The number of hydrogen-bond donors (Lipinski definition) is 1. The molecular formula is C17H21NO3. The molecule has 1 saturated carbocycles. The minimum Gasteiger partial charge on any atom is -0.481 e. The number of benzene rings is 1. The number of fused-ring (bicyclic) bond motifs is 1. The molecule has 1 aliphatic heterocycles. The fraction of sp³-hybridized carbons (Fsp3) is 0.529. The highest BCUT2D eigenvalue weighted by atomic mass is 16.4. The van der Waals surface area contributed by atoms with Crippen molar-refractivity contribution >= 4 is 17.6 Å². The van der Waals surface area contributed by atoms with Crippen molar-refractivity contribution in [3.63, 3.8) is 0 Å². The van der Waals surface area contributed by atoms with Crippen LogP contribution >= 0.6 is 0 Å². The van der Waals surface area contributed by atoms with E-state index in [4.69, 9.17) is 0 Å². The highest BCUT2D eigenvalue weighted by molar-refractivity contribution is 5.96. The molecule has 1 amide bonds. The normalized spacial score (nSPS) is 22.1. The van der Waals surface area contributed by atoms with Crippen molar-refractivity contribution in [3.05, 3.63) is 29.8 Å². The summed E-state index contributed by atoms with van der Waals surface area (Å²) in [6.07, 6.45) is 5.87. The second kappa shape index (κ2) is 5.88. The Morgan fingerprint density at radius 2 is 1.86 bits per heavy atom. The van der Waals surface area contributed by atoms with Gasteiger partial charge >= 0.3 is 5.97 Å². The lowest BCUT2D eigenvalue weighted by molar-refractivity contribution is -0.139. The molecule has 0 radical (unpaired) electrons. The number of carbonyl (C=O) groups is 2. The average Bonchev–Trinajstić information content (AvgIpc) is 2.98. The van der Waals surface area contributed by atoms with E-state index in [1.807, 2.05) is 24.3 Å². The highest BCUT2D eigenvalue weighted by Crippen LogP contribution is 2.37. The van der Waals surface area contributed by atoms with Crippen LogP contribution in [0.2, 0.25) is 0 Å². The van der Waals surface area contributed by atoms with Crippen LogP contribution in [-0.2, 0) is 9.59 Å². The van der Waals surface area contributed by atoms with Gasteiger partial charge in [0.05, 0.1) is 5.92 Å². The van der Waals surface area contributed by atoms with Gasteiger partial charge in [0.2, 0.25) is 5.91 Å². The second-order valence-electron chi connectivity index (χ2n) is 6.14. The Bertz CT molecular complexity index is 549. The zero-order valence-corrected chi connectivity index (χ0v) is 12.1. The monoisotopic (exact) mass is 287 g/mol. The Morgan fingerprint density at radius 3 is 2.57 bits per heavy atom. The van der Waals surface area contributed by atoms with Crippen molar-refractivity contribution in [2.24, 2.45) is 5.92 Å². The Kier molecular flexibility index (Phi) is 3.95. The maximum absolute atomic E-state index is 12.6. The van der Waals surface area contributed by atoms with E-state index in [1.54, 1.807) is 4.90 Å². The van der Waals surface area contributed by atoms with Crippen molar-refractivity contribution in [2.75, 3.05) is 11.4 Å². The maximum atomic E-state index is 12.6. The van der Waals surface area contributed by atoms with Crippen LogP contribution in [0.3, 0.4) is 0 Å². The SMILES string of the molecule is O=C(O)C1CCN(C(=O)CC2CCCC2)c2ccccc21. The number of carboxylic acids is 1. The van der Waals surface area contributed by atoms with Crippen molar-refractivity contribution < 1.29 is 14.7 Å². The van der Waals surface area contributed by atoms with Crippen molar-refractivity contribution in [3.8, 4) is 0 Å². The number of amides is 1. The summed E-state index contributed by atoms with van der Waals surface area (Å²) in [6, 6.07) is 7.43. The van der Waals surface area contributed by atoms with Gasteiger partial charge in [0.1, 0.15) is 0 Å². The molecular weight excluding hydrogens is 266 g/mol. The molecule has 1 unspecified atom stereocenters. The Balaban J connectivity index is 1.81. The van der Waals surface area contributed by atoms with E-state index in [2.05, 4.69) is 0 Å². The van der Waals surface area contributed by atoms with Crippen LogP contribution in [0.1, 0.15) is 50.0 Å². The lowest BCUT2D eigenvalue weighted by Crippen LogP contribution is -2.38. The Hall–Kier alpha value is -1.84. The number of carbonyl (C=O) groups excluding carboxylic acids is 1. The smallest absolute Gasteiger partial charge is 0.311 e. The van der Waals surface area contributed by atoms with Gasteiger partial charge in [-0.2, -0.15) is 0 Å². The standard InChI is InChI=1S/C17H21NO3/c19-16(11-12-5-1-2-6-12)18-10-9-14(17(20)21)13-7-3-4-8-15(13)18/h3-4,7-8,12,14H,1-2,5-6,9-11H2,(H,20,21). The molecule has 1 aromatic carbocycles. The summed E-state index contributed by atoms with van der Waals surface area (Å²) in [7, 11) is 0. The number of anilines is 1. The molecule has 4 heteroatoms. The molecule has 21 heavy (non-hydrogen) atoms. The van der Waals surface area contributed by atoms with E-state index in [-0.39, 0.29) is 5.91 Å². The zero-order valence-electron chi connectivity index (χ0n) is 12.1. The first kappa shape index (κ1) is 14.1. The lowest BCUT2D eigenvalue weighted by Gasteiger charge is -2.33. The van der Waals surface area contributed by atoms with Crippen LogP contribution in [0.4, 0.5) is 5.69 Å². The van der Waals surface area contributed by atoms with Crippen LogP contribution in [0.25, 0.3) is 0 Å². The summed E-state index contributed by atoms with van der Waals surface area (Å²) >= 11 is 0. The van der Waals surface area contributed by atoms with E-state index in [9.17, 15) is 14.7 Å². The van der Waals surface area contributed by atoms with E-state index < -0.39 is 11.9 Å². The summed E-state index contributed by atoms with van der Waals surface area (Å²) in [5, 5.41) is 9.34. The number of nitrogens with zero attached hydrogens (tertiary/aromatic N) is 1. The van der Waals surface area contributed by atoms with Crippen LogP contribution in [-0.4, -0.2) is 23.5 Å². The fourth-order valence-electron chi connectivity index (χ4n) is 3.65. The molecule has 1 heterocycles. The first-order valence-corrected chi connectivity index (χ1v) is 7.79.